The van der Waals surface area contributed by atoms with Gasteiger partial charge in [-0.1, -0.05) is 40.3 Å². The van der Waals surface area contributed by atoms with Gasteiger partial charge in [0.2, 0.25) is 0 Å². The summed E-state index contributed by atoms with van der Waals surface area (Å²) in [5.41, 5.74) is 7.41. The topological polar surface area (TPSA) is 44.5 Å². The second kappa shape index (κ2) is 6.72. The average Bonchev–Trinajstić information content (AvgIpc) is 2.46. The Morgan fingerprint density at radius 1 is 1.25 bits per heavy atom. The van der Waals surface area contributed by atoms with E-state index in [2.05, 4.69) is 15.9 Å². The van der Waals surface area contributed by atoms with Gasteiger partial charge in [-0.25, -0.2) is 0 Å². The SMILES string of the molecule is COc1ccc(Br)c(COc2ccccc2C(N)=S)c1. The summed E-state index contributed by atoms with van der Waals surface area (Å²) in [6.45, 7) is 0.400. The van der Waals surface area contributed by atoms with Gasteiger partial charge in [0.25, 0.3) is 0 Å². The summed E-state index contributed by atoms with van der Waals surface area (Å²) in [4.78, 5) is 0.324. The highest BCUT2D eigenvalue weighted by molar-refractivity contribution is 9.10. The lowest BCUT2D eigenvalue weighted by molar-refractivity contribution is 0.304. The van der Waals surface area contributed by atoms with E-state index in [-0.39, 0.29) is 0 Å². The van der Waals surface area contributed by atoms with Crippen molar-refractivity contribution in [2.75, 3.05) is 7.11 Å². The molecule has 0 atom stereocenters. The van der Waals surface area contributed by atoms with E-state index in [9.17, 15) is 0 Å². The van der Waals surface area contributed by atoms with Crippen molar-refractivity contribution in [3.63, 3.8) is 0 Å². The molecule has 0 spiro atoms. The number of hydrogen-bond acceptors (Lipinski definition) is 3. The highest BCUT2D eigenvalue weighted by Gasteiger charge is 2.08. The molecule has 0 aliphatic rings. The Morgan fingerprint density at radius 3 is 2.70 bits per heavy atom. The summed E-state index contributed by atoms with van der Waals surface area (Å²) in [5.74, 6) is 1.46. The first kappa shape index (κ1) is 14.8. The third kappa shape index (κ3) is 3.49. The molecule has 0 radical (unpaired) electrons. The minimum absolute atomic E-state index is 0.324. The lowest BCUT2D eigenvalue weighted by atomic mass is 10.2. The molecule has 2 N–H and O–H groups in total. The molecule has 0 aliphatic carbocycles. The summed E-state index contributed by atoms with van der Waals surface area (Å²) in [7, 11) is 1.63. The molecular weight excluding hydrogens is 338 g/mol. The Morgan fingerprint density at radius 2 is 2.00 bits per heavy atom. The molecule has 0 aliphatic heterocycles. The van der Waals surface area contributed by atoms with Gasteiger partial charge in [0.1, 0.15) is 23.1 Å². The number of rotatable bonds is 5. The van der Waals surface area contributed by atoms with Gasteiger partial charge in [-0.3, -0.25) is 0 Å². The van der Waals surface area contributed by atoms with Crippen molar-refractivity contribution in [1.82, 2.24) is 0 Å². The molecule has 2 aromatic carbocycles. The molecule has 2 aromatic rings. The van der Waals surface area contributed by atoms with Gasteiger partial charge >= 0.3 is 0 Å². The fourth-order valence-electron chi connectivity index (χ4n) is 1.74. The Balaban J connectivity index is 2.19. The van der Waals surface area contributed by atoms with Crippen LogP contribution in [0.15, 0.2) is 46.9 Å². The standard InChI is InChI=1S/C15H14BrNO2S/c1-18-11-6-7-13(16)10(8-11)9-19-14-5-3-2-4-12(14)15(17)20/h2-8H,9H2,1H3,(H2,17,20). The first-order chi connectivity index (χ1) is 9.61. The summed E-state index contributed by atoms with van der Waals surface area (Å²) in [6, 6.07) is 13.2. The molecule has 104 valence electrons. The van der Waals surface area contributed by atoms with Gasteiger partial charge in [-0.15, -0.1) is 0 Å². The number of thiocarbonyl (C=S) groups is 1. The zero-order valence-corrected chi connectivity index (χ0v) is 13.3. The van der Waals surface area contributed by atoms with Crippen LogP contribution in [0.2, 0.25) is 0 Å². The molecule has 2 rings (SSSR count). The molecule has 0 saturated heterocycles. The smallest absolute Gasteiger partial charge is 0.129 e. The summed E-state index contributed by atoms with van der Waals surface area (Å²) in [6.07, 6.45) is 0. The van der Waals surface area contributed by atoms with Gasteiger partial charge in [0.15, 0.2) is 0 Å². The van der Waals surface area contributed by atoms with Gasteiger partial charge in [-0.2, -0.15) is 0 Å². The molecule has 20 heavy (non-hydrogen) atoms. The maximum Gasteiger partial charge on any atom is 0.129 e. The second-order valence-electron chi connectivity index (χ2n) is 4.11. The maximum atomic E-state index is 5.81. The van der Waals surface area contributed by atoms with Crippen molar-refractivity contribution in [2.45, 2.75) is 6.61 Å². The quantitative estimate of drug-likeness (QED) is 0.834. The zero-order valence-electron chi connectivity index (χ0n) is 10.9. The molecule has 3 nitrogen and oxygen atoms in total. The predicted octanol–water partition coefficient (Wildman–Crippen LogP) is 3.67. The van der Waals surface area contributed by atoms with Gasteiger partial charge in [0.05, 0.1) is 12.7 Å². The molecule has 0 amide bonds. The number of halogens is 1. The Bertz CT molecular complexity index is 631. The third-order valence-electron chi connectivity index (χ3n) is 2.79. The van der Waals surface area contributed by atoms with Crippen LogP contribution >= 0.6 is 28.1 Å². The fraction of sp³-hybridized carbons (Fsp3) is 0.133. The van der Waals surface area contributed by atoms with Crippen molar-refractivity contribution < 1.29 is 9.47 Å². The van der Waals surface area contributed by atoms with Crippen LogP contribution in [0.3, 0.4) is 0 Å². The average molecular weight is 352 g/mol. The summed E-state index contributed by atoms with van der Waals surface area (Å²) in [5, 5.41) is 0. The number of nitrogens with two attached hydrogens (primary N) is 1. The number of methoxy groups -OCH3 is 1. The molecule has 0 bridgehead atoms. The van der Waals surface area contributed by atoms with E-state index in [4.69, 9.17) is 27.4 Å². The van der Waals surface area contributed by atoms with E-state index in [1.165, 1.54) is 0 Å². The zero-order chi connectivity index (χ0) is 14.5. The molecule has 0 heterocycles. The van der Waals surface area contributed by atoms with Gasteiger partial charge in [-0.05, 0) is 30.3 Å². The van der Waals surface area contributed by atoms with Crippen molar-refractivity contribution in [3.8, 4) is 11.5 Å². The highest BCUT2D eigenvalue weighted by Crippen LogP contribution is 2.25. The molecule has 0 unspecified atom stereocenters. The van der Waals surface area contributed by atoms with Crippen LogP contribution in [0.4, 0.5) is 0 Å². The molecule has 0 saturated carbocycles. The highest BCUT2D eigenvalue weighted by atomic mass is 79.9. The molecule has 0 fully saturated rings. The Hall–Kier alpha value is -1.59. The third-order valence-corrected chi connectivity index (χ3v) is 3.78. The normalized spacial score (nSPS) is 10.1. The Labute approximate surface area is 131 Å². The minimum atomic E-state index is 0.324. The second-order valence-corrected chi connectivity index (χ2v) is 5.40. The number of para-hydroxylation sites is 1. The largest absolute Gasteiger partial charge is 0.497 e. The van der Waals surface area contributed by atoms with Crippen LogP contribution in [-0.2, 0) is 6.61 Å². The Kier molecular flexibility index (Phi) is 4.98. The lowest BCUT2D eigenvalue weighted by Gasteiger charge is -2.12. The number of benzene rings is 2. The minimum Gasteiger partial charge on any atom is -0.497 e. The lowest BCUT2D eigenvalue weighted by Crippen LogP contribution is -2.11. The van der Waals surface area contributed by atoms with E-state index in [1.807, 2.05) is 42.5 Å². The molecule has 5 heteroatoms. The van der Waals surface area contributed by atoms with E-state index in [1.54, 1.807) is 7.11 Å². The molecular formula is C15H14BrNO2S. The van der Waals surface area contributed by atoms with Crippen molar-refractivity contribution in [1.29, 1.82) is 0 Å². The first-order valence-electron chi connectivity index (χ1n) is 5.96. The van der Waals surface area contributed by atoms with Crippen LogP contribution < -0.4 is 15.2 Å². The monoisotopic (exact) mass is 351 g/mol. The van der Waals surface area contributed by atoms with Crippen LogP contribution in [0.25, 0.3) is 0 Å². The summed E-state index contributed by atoms with van der Waals surface area (Å²) >= 11 is 8.51. The van der Waals surface area contributed by atoms with Gasteiger partial charge < -0.3 is 15.2 Å². The van der Waals surface area contributed by atoms with Crippen molar-refractivity contribution in [2.24, 2.45) is 5.73 Å². The summed E-state index contributed by atoms with van der Waals surface area (Å²) < 4.78 is 12.0. The van der Waals surface area contributed by atoms with Crippen LogP contribution in [0.1, 0.15) is 11.1 Å². The van der Waals surface area contributed by atoms with Crippen molar-refractivity contribution in [3.05, 3.63) is 58.1 Å². The number of ether oxygens (including phenoxy) is 2. The van der Waals surface area contributed by atoms with Gasteiger partial charge in [0, 0.05) is 10.0 Å². The van der Waals surface area contributed by atoms with Crippen LogP contribution in [0.5, 0.6) is 11.5 Å². The van der Waals surface area contributed by atoms with E-state index in [0.717, 1.165) is 21.3 Å². The maximum absolute atomic E-state index is 5.81. The van der Waals surface area contributed by atoms with Crippen molar-refractivity contribution >= 4 is 33.1 Å². The number of hydrogen-bond donors (Lipinski definition) is 1. The fourth-order valence-corrected chi connectivity index (χ4v) is 2.27. The first-order valence-corrected chi connectivity index (χ1v) is 7.16. The van der Waals surface area contributed by atoms with E-state index < -0.39 is 0 Å². The van der Waals surface area contributed by atoms with Crippen LogP contribution in [-0.4, -0.2) is 12.1 Å². The van der Waals surface area contributed by atoms with E-state index >= 15 is 0 Å². The predicted molar refractivity (Wildman–Crippen MR) is 87.4 cm³/mol. The van der Waals surface area contributed by atoms with E-state index in [0.29, 0.717) is 17.3 Å². The molecule has 0 aromatic heterocycles. The van der Waals surface area contributed by atoms with Crippen LogP contribution in [0, 0.1) is 0 Å².